The van der Waals surface area contributed by atoms with E-state index in [-0.39, 0.29) is 11.7 Å². The quantitative estimate of drug-likeness (QED) is 0.666. The van der Waals surface area contributed by atoms with Crippen LogP contribution >= 0.6 is 23.2 Å². The van der Waals surface area contributed by atoms with Gasteiger partial charge in [0.05, 0.1) is 10.7 Å². The molecule has 0 heterocycles. The number of aromatic hydroxyl groups is 1. The van der Waals surface area contributed by atoms with E-state index in [2.05, 4.69) is 10.5 Å². The van der Waals surface area contributed by atoms with Gasteiger partial charge in [-0.2, -0.15) is 5.10 Å². The third-order valence-electron chi connectivity index (χ3n) is 2.78. The number of phenolic OH excluding ortho intramolecular Hbond substituents is 1. The summed E-state index contributed by atoms with van der Waals surface area (Å²) >= 11 is 11.9. The van der Waals surface area contributed by atoms with Gasteiger partial charge in [-0.15, -0.1) is 0 Å². The molecule has 0 saturated heterocycles. The van der Waals surface area contributed by atoms with Crippen LogP contribution in [0.3, 0.4) is 0 Å². The average molecular weight is 323 g/mol. The van der Waals surface area contributed by atoms with Gasteiger partial charge in [-0.3, -0.25) is 4.79 Å². The lowest BCUT2D eigenvalue weighted by atomic mass is 10.1. The Morgan fingerprint density at radius 1 is 1.14 bits per heavy atom. The highest BCUT2D eigenvalue weighted by atomic mass is 35.5. The Labute approximate surface area is 132 Å². The minimum absolute atomic E-state index is 0.0965. The standard InChI is InChI=1S/C15H12Cl2N2O2/c1-9(13-7-4-11(16)8-14(13)17)18-19-15(21)10-2-5-12(20)6-3-10/h2-8,20H,1H3,(H,19,21)/b18-9-. The fourth-order valence-corrected chi connectivity index (χ4v) is 2.20. The van der Waals surface area contributed by atoms with Crippen molar-refractivity contribution in [3.05, 3.63) is 63.6 Å². The Bertz CT molecular complexity index is 697. The molecule has 0 aliphatic carbocycles. The Morgan fingerprint density at radius 2 is 1.81 bits per heavy atom. The van der Waals surface area contributed by atoms with Crippen molar-refractivity contribution in [2.24, 2.45) is 5.10 Å². The molecular weight excluding hydrogens is 311 g/mol. The molecule has 0 aromatic heterocycles. The summed E-state index contributed by atoms with van der Waals surface area (Å²) in [5, 5.41) is 14.2. The van der Waals surface area contributed by atoms with Gasteiger partial charge in [0.1, 0.15) is 5.75 Å². The lowest BCUT2D eigenvalue weighted by molar-refractivity contribution is 0.0955. The smallest absolute Gasteiger partial charge is 0.271 e. The van der Waals surface area contributed by atoms with Crippen LogP contribution in [0.1, 0.15) is 22.8 Å². The van der Waals surface area contributed by atoms with Crippen LogP contribution in [0.15, 0.2) is 47.6 Å². The summed E-state index contributed by atoms with van der Waals surface area (Å²) in [6, 6.07) is 10.9. The van der Waals surface area contributed by atoms with Gasteiger partial charge in [-0.1, -0.05) is 29.3 Å². The number of carbonyl (C=O) groups excluding carboxylic acids is 1. The fraction of sp³-hybridized carbons (Fsp3) is 0.0667. The number of halogens is 2. The molecule has 4 nitrogen and oxygen atoms in total. The van der Waals surface area contributed by atoms with E-state index in [0.717, 1.165) is 0 Å². The van der Waals surface area contributed by atoms with E-state index in [1.165, 1.54) is 24.3 Å². The van der Waals surface area contributed by atoms with E-state index >= 15 is 0 Å². The van der Waals surface area contributed by atoms with Gasteiger partial charge in [0.2, 0.25) is 0 Å². The van der Waals surface area contributed by atoms with Crippen LogP contribution in [0.5, 0.6) is 5.75 Å². The molecule has 2 N–H and O–H groups in total. The number of rotatable bonds is 3. The molecule has 0 bridgehead atoms. The molecule has 0 saturated carbocycles. The molecule has 0 spiro atoms. The van der Waals surface area contributed by atoms with Crippen molar-refractivity contribution in [1.29, 1.82) is 0 Å². The number of nitrogens with one attached hydrogen (secondary N) is 1. The molecule has 2 rings (SSSR count). The van der Waals surface area contributed by atoms with Crippen molar-refractivity contribution in [1.82, 2.24) is 5.43 Å². The van der Waals surface area contributed by atoms with Crippen molar-refractivity contribution in [2.45, 2.75) is 6.92 Å². The maximum Gasteiger partial charge on any atom is 0.271 e. The van der Waals surface area contributed by atoms with Crippen LogP contribution in [0, 0.1) is 0 Å². The Hall–Kier alpha value is -2.04. The molecule has 0 aliphatic rings. The van der Waals surface area contributed by atoms with Crippen molar-refractivity contribution in [3.8, 4) is 5.75 Å². The first-order valence-corrected chi connectivity index (χ1v) is 6.82. The van der Waals surface area contributed by atoms with Crippen LogP contribution < -0.4 is 5.43 Å². The Morgan fingerprint density at radius 3 is 2.43 bits per heavy atom. The molecule has 0 atom stereocenters. The number of hydrazone groups is 1. The first-order chi connectivity index (χ1) is 9.97. The van der Waals surface area contributed by atoms with Crippen molar-refractivity contribution in [2.75, 3.05) is 0 Å². The lowest BCUT2D eigenvalue weighted by Gasteiger charge is -2.05. The third kappa shape index (κ3) is 3.97. The van der Waals surface area contributed by atoms with E-state index < -0.39 is 0 Å². The molecular formula is C15H12Cl2N2O2. The predicted molar refractivity (Wildman–Crippen MR) is 84.2 cm³/mol. The second-order valence-corrected chi connectivity index (χ2v) is 5.15. The summed E-state index contributed by atoms with van der Waals surface area (Å²) in [7, 11) is 0. The number of amides is 1. The Kier molecular flexibility index (Phi) is 4.83. The number of hydrogen-bond donors (Lipinski definition) is 2. The minimum atomic E-state index is -0.376. The highest BCUT2D eigenvalue weighted by molar-refractivity contribution is 6.37. The molecule has 6 heteroatoms. The number of phenols is 1. The predicted octanol–water partition coefficient (Wildman–Crippen LogP) is 3.85. The van der Waals surface area contributed by atoms with Gasteiger partial charge in [0.25, 0.3) is 5.91 Å². The van der Waals surface area contributed by atoms with E-state index in [0.29, 0.717) is 26.9 Å². The van der Waals surface area contributed by atoms with Gasteiger partial charge in [-0.25, -0.2) is 5.43 Å². The van der Waals surface area contributed by atoms with Crippen LogP contribution in [-0.4, -0.2) is 16.7 Å². The van der Waals surface area contributed by atoms with Gasteiger partial charge < -0.3 is 5.11 Å². The average Bonchev–Trinajstić information content (AvgIpc) is 2.45. The molecule has 21 heavy (non-hydrogen) atoms. The van der Waals surface area contributed by atoms with E-state index in [1.54, 1.807) is 25.1 Å². The van der Waals surface area contributed by atoms with Crippen molar-refractivity contribution in [3.63, 3.8) is 0 Å². The molecule has 108 valence electrons. The zero-order valence-electron chi connectivity index (χ0n) is 11.1. The first kappa shape index (κ1) is 15.4. The second kappa shape index (κ2) is 6.61. The molecule has 1 amide bonds. The van der Waals surface area contributed by atoms with E-state index in [1.807, 2.05) is 0 Å². The summed E-state index contributed by atoms with van der Waals surface area (Å²) in [5.74, 6) is -0.279. The number of nitrogens with zero attached hydrogens (tertiary/aromatic N) is 1. The molecule has 0 unspecified atom stereocenters. The second-order valence-electron chi connectivity index (χ2n) is 4.31. The van der Waals surface area contributed by atoms with Crippen LogP contribution in [0.4, 0.5) is 0 Å². The Balaban J connectivity index is 2.12. The van der Waals surface area contributed by atoms with E-state index in [4.69, 9.17) is 23.2 Å². The SMILES string of the molecule is C/C(=N/NC(=O)c1ccc(O)cc1)c1ccc(Cl)cc1Cl. The monoisotopic (exact) mass is 322 g/mol. The van der Waals surface area contributed by atoms with Gasteiger partial charge in [0.15, 0.2) is 0 Å². The van der Waals surface area contributed by atoms with Gasteiger partial charge in [-0.05, 0) is 43.3 Å². The highest BCUT2D eigenvalue weighted by Crippen LogP contribution is 2.21. The largest absolute Gasteiger partial charge is 0.508 e. The fourth-order valence-electron chi connectivity index (χ4n) is 1.66. The van der Waals surface area contributed by atoms with Crippen LogP contribution in [-0.2, 0) is 0 Å². The molecule has 2 aromatic rings. The summed E-state index contributed by atoms with van der Waals surface area (Å²) in [6.45, 7) is 1.73. The highest BCUT2D eigenvalue weighted by Gasteiger charge is 2.07. The number of benzene rings is 2. The third-order valence-corrected chi connectivity index (χ3v) is 3.32. The number of hydrogen-bond acceptors (Lipinski definition) is 3. The van der Waals surface area contributed by atoms with Crippen molar-refractivity contribution < 1.29 is 9.90 Å². The molecule has 2 aromatic carbocycles. The summed E-state index contributed by atoms with van der Waals surface area (Å²) in [5.41, 5.74) is 4.08. The maximum absolute atomic E-state index is 11.9. The zero-order chi connectivity index (χ0) is 15.4. The maximum atomic E-state index is 11.9. The van der Waals surface area contributed by atoms with Crippen molar-refractivity contribution >= 4 is 34.8 Å². The minimum Gasteiger partial charge on any atom is -0.508 e. The number of carbonyl (C=O) groups is 1. The topological polar surface area (TPSA) is 61.7 Å². The lowest BCUT2D eigenvalue weighted by Crippen LogP contribution is -2.19. The van der Waals surface area contributed by atoms with Gasteiger partial charge >= 0.3 is 0 Å². The summed E-state index contributed by atoms with van der Waals surface area (Å²) in [4.78, 5) is 11.9. The first-order valence-electron chi connectivity index (χ1n) is 6.06. The molecule has 0 aliphatic heterocycles. The van der Waals surface area contributed by atoms with E-state index in [9.17, 15) is 9.90 Å². The van der Waals surface area contributed by atoms with Crippen LogP contribution in [0.2, 0.25) is 10.0 Å². The molecule has 0 fully saturated rings. The van der Waals surface area contributed by atoms with Crippen LogP contribution in [0.25, 0.3) is 0 Å². The van der Waals surface area contributed by atoms with Gasteiger partial charge in [0, 0.05) is 16.1 Å². The summed E-state index contributed by atoms with van der Waals surface area (Å²) in [6.07, 6.45) is 0. The molecule has 0 radical (unpaired) electrons. The summed E-state index contributed by atoms with van der Waals surface area (Å²) < 4.78 is 0. The zero-order valence-corrected chi connectivity index (χ0v) is 12.6. The normalized spacial score (nSPS) is 11.3.